The van der Waals surface area contributed by atoms with Gasteiger partial charge in [-0.1, -0.05) is 13.8 Å². The second-order valence-corrected chi connectivity index (χ2v) is 6.65. The van der Waals surface area contributed by atoms with Gasteiger partial charge in [0.25, 0.3) is 5.91 Å². The topological polar surface area (TPSA) is 66.3 Å². The summed E-state index contributed by atoms with van der Waals surface area (Å²) in [6, 6.07) is 4.27. The van der Waals surface area contributed by atoms with Crippen molar-refractivity contribution in [1.29, 1.82) is 0 Å². The Balaban J connectivity index is 2.02. The Morgan fingerprint density at radius 2 is 2.09 bits per heavy atom. The number of aliphatic hydroxyl groups excluding tert-OH is 1. The number of aliphatic hydroxyl groups is 1. The van der Waals surface area contributed by atoms with Gasteiger partial charge in [-0.2, -0.15) is 0 Å². The quantitative estimate of drug-likeness (QED) is 0.688. The van der Waals surface area contributed by atoms with E-state index in [0.717, 1.165) is 50.9 Å². The number of hydrogen-bond acceptors (Lipinski definition) is 3. The first-order valence-electron chi connectivity index (χ1n) is 8.92. The van der Waals surface area contributed by atoms with Crippen molar-refractivity contribution in [3.63, 3.8) is 0 Å². The monoisotopic (exact) mass is 321 g/mol. The molecule has 2 rings (SSSR count). The first-order chi connectivity index (χ1) is 11.2. The van der Waals surface area contributed by atoms with Crippen molar-refractivity contribution in [1.82, 2.24) is 15.2 Å². The van der Waals surface area contributed by atoms with Gasteiger partial charge in [-0.25, -0.2) is 0 Å². The first-order valence-corrected chi connectivity index (χ1v) is 8.92. The molecule has 1 fully saturated rings. The molecule has 0 spiro atoms. The Hall–Kier alpha value is -1.33. The SMILES string of the molecule is CCC(CC)(CCO)CNC(=O)c1cccn1C1CCNCC1. The lowest BCUT2D eigenvalue weighted by atomic mass is 9.79. The molecule has 1 aliphatic heterocycles. The lowest BCUT2D eigenvalue weighted by Gasteiger charge is -2.31. The van der Waals surface area contributed by atoms with Crippen LogP contribution in [0.3, 0.4) is 0 Å². The number of carbonyl (C=O) groups is 1. The maximum Gasteiger partial charge on any atom is 0.267 e. The lowest BCUT2D eigenvalue weighted by Crippen LogP contribution is -2.39. The highest BCUT2D eigenvalue weighted by atomic mass is 16.3. The van der Waals surface area contributed by atoms with Gasteiger partial charge in [0.2, 0.25) is 0 Å². The molecule has 130 valence electrons. The number of carbonyl (C=O) groups excluding carboxylic acids is 1. The Morgan fingerprint density at radius 1 is 1.39 bits per heavy atom. The number of nitrogens with zero attached hydrogens (tertiary/aromatic N) is 1. The molecule has 0 atom stereocenters. The fourth-order valence-corrected chi connectivity index (χ4v) is 3.53. The molecule has 0 aromatic carbocycles. The van der Waals surface area contributed by atoms with Crippen molar-refractivity contribution in [2.75, 3.05) is 26.2 Å². The molecule has 1 aliphatic rings. The Morgan fingerprint density at radius 3 is 2.70 bits per heavy atom. The maximum absolute atomic E-state index is 12.6. The van der Waals surface area contributed by atoms with Gasteiger partial charge in [0, 0.05) is 25.4 Å². The predicted molar refractivity (Wildman–Crippen MR) is 92.6 cm³/mol. The van der Waals surface area contributed by atoms with Gasteiger partial charge in [0.05, 0.1) is 0 Å². The molecule has 0 radical (unpaired) electrons. The van der Waals surface area contributed by atoms with Crippen LogP contribution in [0.1, 0.15) is 62.5 Å². The number of aromatic nitrogens is 1. The molecule has 0 unspecified atom stereocenters. The van der Waals surface area contributed by atoms with Crippen molar-refractivity contribution in [2.24, 2.45) is 5.41 Å². The largest absolute Gasteiger partial charge is 0.396 e. The Labute approximate surface area is 139 Å². The van der Waals surface area contributed by atoms with Crippen LogP contribution >= 0.6 is 0 Å². The summed E-state index contributed by atoms with van der Waals surface area (Å²) in [7, 11) is 0. The molecule has 1 amide bonds. The zero-order chi connectivity index (χ0) is 16.7. The van der Waals surface area contributed by atoms with Crippen LogP contribution < -0.4 is 10.6 Å². The van der Waals surface area contributed by atoms with E-state index in [1.807, 2.05) is 18.3 Å². The van der Waals surface area contributed by atoms with Gasteiger partial charge >= 0.3 is 0 Å². The third kappa shape index (κ3) is 4.36. The summed E-state index contributed by atoms with van der Waals surface area (Å²) in [5.41, 5.74) is 0.748. The van der Waals surface area contributed by atoms with E-state index in [1.165, 1.54) is 0 Å². The second-order valence-electron chi connectivity index (χ2n) is 6.65. The first kappa shape index (κ1) is 18.0. The molecular weight excluding hydrogens is 290 g/mol. The second kappa shape index (κ2) is 8.50. The summed E-state index contributed by atoms with van der Waals surface area (Å²) in [5.74, 6) is -0.00209. The van der Waals surface area contributed by atoms with E-state index in [2.05, 4.69) is 29.0 Å². The molecule has 2 heterocycles. The molecule has 3 N–H and O–H groups in total. The predicted octanol–water partition coefficient (Wildman–Crippen LogP) is 2.33. The fraction of sp³-hybridized carbons (Fsp3) is 0.722. The van der Waals surface area contributed by atoms with Crippen molar-refractivity contribution < 1.29 is 9.90 Å². The molecule has 0 aliphatic carbocycles. The van der Waals surface area contributed by atoms with Crippen LogP contribution in [0.5, 0.6) is 0 Å². The van der Waals surface area contributed by atoms with Gasteiger partial charge in [-0.3, -0.25) is 4.79 Å². The average molecular weight is 321 g/mol. The molecule has 1 aromatic rings. The number of hydrogen-bond donors (Lipinski definition) is 3. The Kier molecular flexibility index (Phi) is 6.66. The normalized spacial score (nSPS) is 16.5. The van der Waals surface area contributed by atoms with E-state index >= 15 is 0 Å². The molecule has 5 nitrogen and oxygen atoms in total. The van der Waals surface area contributed by atoms with Gasteiger partial charge in [-0.15, -0.1) is 0 Å². The summed E-state index contributed by atoms with van der Waals surface area (Å²) in [6.07, 6.45) is 6.79. The van der Waals surface area contributed by atoms with E-state index in [9.17, 15) is 9.90 Å². The summed E-state index contributed by atoms with van der Waals surface area (Å²) in [5, 5.41) is 15.8. The number of nitrogens with one attached hydrogen (secondary N) is 2. The zero-order valence-electron chi connectivity index (χ0n) is 14.5. The summed E-state index contributed by atoms with van der Waals surface area (Å²) in [4.78, 5) is 12.6. The van der Waals surface area contributed by atoms with Gasteiger partial charge in [0.15, 0.2) is 0 Å². The standard InChI is InChI=1S/C18H31N3O2/c1-3-18(4-2,9-13-22)14-20-17(23)16-6-5-12-21(16)15-7-10-19-11-8-15/h5-6,12,15,19,22H,3-4,7-11,13-14H2,1-2H3,(H,20,23). The number of piperidine rings is 1. The van der Waals surface area contributed by atoms with E-state index in [-0.39, 0.29) is 17.9 Å². The van der Waals surface area contributed by atoms with Crippen LogP contribution in [-0.4, -0.2) is 41.8 Å². The van der Waals surface area contributed by atoms with E-state index in [1.54, 1.807) is 0 Å². The highest BCUT2D eigenvalue weighted by Crippen LogP contribution is 2.29. The minimum atomic E-state index is -0.00338. The van der Waals surface area contributed by atoms with Gasteiger partial charge < -0.3 is 20.3 Å². The van der Waals surface area contributed by atoms with Crippen molar-refractivity contribution in [3.05, 3.63) is 24.0 Å². The van der Waals surface area contributed by atoms with Crippen LogP contribution in [0.25, 0.3) is 0 Å². The van der Waals surface area contributed by atoms with Crippen molar-refractivity contribution >= 4 is 5.91 Å². The van der Waals surface area contributed by atoms with E-state index in [4.69, 9.17) is 0 Å². The van der Waals surface area contributed by atoms with Gasteiger partial charge in [-0.05, 0) is 62.7 Å². The molecule has 1 saturated heterocycles. The fourth-order valence-electron chi connectivity index (χ4n) is 3.53. The summed E-state index contributed by atoms with van der Waals surface area (Å²) >= 11 is 0. The zero-order valence-corrected chi connectivity index (χ0v) is 14.5. The van der Waals surface area contributed by atoms with Crippen LogP contribution in [0, 0.1) is 5.41 Å². The molecule has 23 heavy (non-hydrogen) atoms. The number of amides is 1. The van der Waals surface area contributed by atoms with E-state index < -0.39 is 0 Å². The van der Waals surface area contributed by atoms with Crippen molar-refractivity contribution in [3.8, 4) is 0 Å². The third-order valence-electron chi connectivity index (χ3n) is 5.48. The minimum absolute atomic E-state index is 0.00209. The average Bonchev–Trinajstić information content (AvgIpc) is 3.09. The van der Waals surface area contributed by atoms with Gasteiger partial charge in [0.1, 0.15) is 5.69 Å². The molecular formula is C18H31N3O2. The Bertz CT molecular complexity index is 488. The van der Waals surface area contributed by atoms with Crippen LogP contribution in [0.15, 0.2) is 18.3 Å². The van der Waals surface area contributed by atoms with Crippen LogP contribution in [0.2, 0.25) is 0 Å². The number of rotatable bonds is 8. The third-order valence-corrected chi connectivity index (χ3v) is 5.48. The lowest BCUT2D eigenvalue weighted by molar-refractivity contribution is 0.0894. The summed E-state index contributed by atoms with van der Waals surface area (Å²) in [6.45, 7) is 7.07. The van der Waals surface area contributed by atoms with E-state index in [0.29, 0.717) is 12.6 Å². The molecule has 0 bridgehead atoms. The highest BCUT2D eigenvalue weighted by Gasteiger charge is 2.27. The van der Waals surface area contributed by atoms with Crippen molar-refractivity contribution in [2.45, 2.75) is 52.0 Å². The molecule has 0 saturated carbocycles. The van der Waals surface area contributed by atoms with Crippen LogP contribution in [-0.2, 0) is 0 Å². The summed E-state index contributed by atoms with van der Waals surface area (Å²) < 4.78 is 2.13. The smallest absolute Gasteiger partial charge is 0.267 e. The molecule has 1 aromatic heterocycles. The maximum atomic E-state index is 12.6. The minimum Gasteiger partial charge on any atom is -0.396 e. The highest BCUT2D eigenvalue weighted by molar-refractivity contribution is 5.92. The van der Waals surface area contributed by atoms with Crippen LogP contribution in [0.4, 0.5) is 0 Å². The molecule has 5 heteroatoms.